The quantitative estimate of drug-likeness (QED) is 0.708. The minimum atomic E-state index is 0.0369. The van der Waals surface area contributed by atoms with Gasteiger partial charge in [0.1, 0.15) is 5.69 Å². The van der Waals surface area contributed by atoms with Gasteiger partial charge in [-0.05, 0) is 31.5 Å². The van der Waals surface area contributed by atoms with Crippen molar-refractivity contribution in [2.45, 2.75) is 25.8 Å². The topological polar surface area (TPSA) is 46.1 Å². The largest absolute Gasteiger partial charge is 0.349 e. The van der Waals surface area contributed by atoms with Crippen LogP contribution >= 0.6 is 0 Å². The Hall–Kier alpha value is -1.29. The standard InChI is InChI=1S/C12H19N3O/c1-2-13-7-8-14-12(16)11-4-3-9-15(11)10-5-6-10/h3-4,9-10,13H,2,5-8H2,1H3,(H,14,16). The van der Waals surface area contributed by atoms with E-state index in [0.717, 1.165) is 18.8 Å². The first kappa shape index (κ1) is 11.2. The number of aromatic nitrogens is 1. The summed E-state index contributed by atoms with van der Waals surface area (Å²) in [4.78, 5) is 11.9. The molecule has 0 spiro atoms. The number of rotatable bonds is 6. The number of nitrogens with one attached hydrogen (secondary N) is 2. The summed E-state index contributed by atoms with van der Waals surface area (Å²) in [5.74, 6) is 0.0369. The molecular formula is C12H19N3O. The van der Waals surface area contributed by atoms with Gasteiger partial charge in [-0.3, -0.25) is 4.79 Å². The first-order chi connectivity index (χ1) is 7.83. The van der Waals surface area contributed by atoms with Crippen molar-refractivity contribution >= 4 is 5.91 Å². The summed E-state index contributed by atoms with van der Waals surface area (Å²) in [5.41, 5.74) is 0.791. The second-order valence-corrected chi connectivity index (χ2v) is 4.14. The van der Waals surface area contributed by atoms with Crippen molar-refractivity contribution in [3.63, 3.8) is 0 Å². The minimum Gasteiger partial charge on any atom is -0.349 e. The van der Waals surface area contributed by atoms with Gasteiger partial charge in [-0.2, -0.15) is 0 Å². The first-order valence-electron chi connectivity index (χ1n) is 5.98. The molecule has 1 fully saturated rings. The van der Waals surface area contributed by atoms with Gasteiger partial charge in [0.25, 0.3) is 5.91 Å². The molecule has 4 nitrogen and oxygen atoms in total. The highest BCUT2D eigenvalue weighted by molar-refractivity contribution is 5.92. The highest BCUT2D eigenvalue weighted by atomic mass is 16.1. The fraction of sp³-hybridized carbons (Fsp3) is 0.583. The van der Waals surface area contributed by atoms with Crippen molar-refractivity contribution in [2.75, 3.05) is 19.6 Å². The molecule has 0 saturated heterocycles. The van der Waals surface area contributed by atoms with Crippen LogP contribution in [0.3, 0.4) is 0 Å². The summed E-state index contributed by atoms with van der Waals surface area (Å²) < 4.78 is 2.09. The van der Waals surface area contributed by atoms with Gasteiger partial charge in [0.05, 0.1) is 0 Å². The van der Waals surface area contributed by atoms with E-state index in [2.05, 4.69) is 22.1 Å². The molecule has 2 N–H and O–H groups in total. The van der Waals surface area contributed by atoms with Crippen LogP contribution in [-0.4, -0.2) is 30.1 Å². The van der Waals surface area contributed by atoms with Gasteiger partial charge in [0.15, 0.2) is 0 Å². The van der Waals surface area contributed by atoms with Gasteiger partial charge < -0.3 is 15.2 Å². The van der Waals surface area contributed by atoms with Crippen molar-refractivity contribution in [2.24, 2.45) is 0 Å². The molecule has 1 amide bonds. The average molecular weight is 221 g/mol. The SMILES string of the molecule is CCNCCNC(=O)c1cccn1C1CC1. The molecule has 16 heavy (non-hydrogen) atoms. The van der Waals surface area contributed by atoms with Crippen LogP contribution in [-0.2, 0) is 0 Å². The zero-order valence-corrected chi connectivity index (χ0v) is 9.70. The Morgan fingerprint density at radius 3 is 3.00 bits per heavy atom. The highest BCUT2D eigenvalue weighted by Gasteiger charge is 2.26. The van der Waals surface area contributed by atoms with Crippen LogP contribution < -0.4 is 10.6 Å². The molecule has 0 aliphatic heterocycles. The van der Waals surface area contributed by atoms with E-state index in [4.69, 9.17) is 0 Å². The number of likely N-dealkylation sites (N-methyl/N-ethyl adjacent to an activating group) is 1. The number of carbonyl (C=O) groups excluding carboxylic acids is 1. The molecule has 4 heteroatoms. The molecule has 0 unspecified atom stereocenters. The maximum absolute atomic E-state index is 11.9. The Labute approximate surface area is 96.0 Å². The third-order valence-corrected chi connectivity index (χ3v) is 2.79. The Morgan fingerprint density at radius 2 is 2.31 bits per heavy atom. The third kappa shape index (κ3) is 2.64. The Morgan fingerprint density at radius 1 is 1.50 bits per heavy atom. The lowest BCUT2D eigenvalue weighted by molar-refractivity contribution is 0.0944. The van der Waals surface area contributed by atoms with Crippen molar-refractivity contribution in [1.82, 2.24) is 15.2 Å². The van der Waals surface area contributed by atoms with Gasteiger partial charge in [-0.25, -0.2) is 0 Å². The second-order valence-electron chi connectivity index (χ2n) is 4.14. The van der Waals surface area contributed by atoms with E-state index >= 15 is 0 Å². The Bertz CT molecular complexity index is 355. The molecule has 0 radical (unpaired) electrons. The molecular weight excluding hydrogens is 202 g/mol. The lowest BCUT2D eigenvalue weighted by Gasteiger charge is -2.08. The van der Waals surface area contributed by atoms with Crippen molar-refractivity contribution in [1.29, 1.82) is 0 Å². The third-order valence-electron chi connectivity index (χ3n) is 2.79. The summed E-state index contributed by atoms with van der Waals surface area (Å²) in [5, 5.41) is 6.10. The van der Waals surface area contributed by atoms with Gasteiger partial charge in [-0.1, -0.05) is 6.92 Å². The predicted molar refractivity (Wildman–Crippen MR) is 63.6 cm³/mol. The number of hydrogen-bond acceptors (Lipinski definition) is 2. The van der Waals surface area contributed by atoms with Crippen LogP contribution in [0.15, 0.2) is 18.3 Å². The van der Waals surface area contributed by atoms with Crippen LogP contribution in [0.25, 0.3) is 0 Å². The van der Waals surface area contributed by atoms with E-state index in [1.54, 1.807) is 0 Å². The van der Waals surface area contributed by atoms with Gasteiger partial charge in [0, 0.05) is 25.3 Å². The summed E-state index contributed by atoms with van der Waals surface area (Å²) >= 11 is 0. The molecule has 1 aliphatic carbocycles. The average Bonchev–Trinajstić information content (AvgIpc) is 3.02. The first-order valence-corrected chi connectivity index (χ1v) is 5.98. The van der Waals surface area contributed by atoms with Crippen LogP contribution in [0.1, 0.15) is 36.3 Å². The fourth-order valence-corrected chi connectivity index (χ4v) is 1.79. The van der Waals surface area contributed by atoms with E-state index in [1.165, 1.54) is 12.8 Å². The molecule has 1 aromatic rings. The zero-order chi connectivity index (χ0) is 11.4. The summed E-state index contributed by atoms with van der Waals surface area (Å²) in [6.07, 6.45) is 4.40. The summed E-state index contributed by atoms with van der Waals surface area (Å²) in [6, 6.07) is 4.39. The van der Waals surface area contributed by atoms with Gasteiger partial charge in [0.2, 0.25) is 0 Å². The second kappa shape index (κ2) is 5.16. The van der Waals surface area contributed by atoms with Gasteiger partial charge in [-0.15, -0.1) is 0 Å². The number of hydrogen-bond donors (Lipinski definition) is 2. The van der Waals surface area contributed by atoms with Crippen LogP contribution in [0.4, 0.5) is 0 Å². The zero-order valence-electron chi connectivity index (χ0n) is 9.70. The summed E-state index contributed by atoms with van der Waals surface area (Å²) in [6.45, 7) is 4.50. The van der Waals surface area contributed by atoms with Gasteiger partial charge >= 0.3 is 0 Å². The smallest absolute Gasteiger partial charge is 0.267 e. The molecule has 1 saturated carbocycles. The Kier molecular flexibility index (Phi) is 3.62. The Balaban J connectivity index is 1.85. The molecule has 1 heterocycles. The van der Waals surface area contributed by atoms with Crippen LogP contribution in [0.2, 0.25) is 0 Å². The molecule has 1 aliphatic rings. The monoisotopic (exact) mass is 221 g/mol. The molecule has 0 aromatic carbocycles. The lowest BCUT2D eigenvalue weighted by atomic mass is 10.4. The predicted octanol–water partition coefficient (Wildman–Crippen LogP) is 1.16. The molecule has 2 rings (SSSR count). The normalized spacial score (nSPS) is 15.1. The van der Waals surface area contributed by atoms with E-state index in [1.807, 2.05) is 18.3 Å². The maximum Gasteiger partial charge on any atom is 0.267 e. The molecule has 88 valence electrons. The van der Waals surface area contributed by atoms with E-state index in [-0.39, 0.29) is 5.91 Å². The van der Waals surface area contributed by atoms with Crippen molar-refractivity contribution in [3.05, 3.63) is 24.0 Å². The maximum atomic E-state index is 11.9. The van der Waals surface area contributed by atoms with Crippen LogP contribution in [0, 0.1) is 0 Å². The number of carbonyl (C=O) groups is 1. The molecule has 0 bridgehead atoms. The van der Waals surface area contributed by atoms with E-state index in [9.17, 15) is 4.79 Å². The van der Waals surface area contributed by atoms with Crippen molar-refractivity contribution < 1.29 is 4.79 Å². The molecule has 0 atom stereocenters. The number of nitrogens with zero attached hydrogens (tertiary/aromatic N) is 1. The number of amides is 1. The van der Waals surface area contributed by atoms with Crippen LogP contribution in [0.5, 0.6) is 0 Å². The lowest BCUT2D eigenvalue weighted by Crippen LogP contribution is -2.32. The van der Waals surface area contributed by atoms with E-state index in [0.29, 0.717) is 12.6 Å². The van der Waals surface area contributed by atoms with E-state index < -0.39 is 0 Å². The highest BCUT2D eigenvalue weighted by Crippen LogP contribution is 2.35. The minimum absolute atomic E-state index is 0.0369. The molecule has 1 aromatic heterocycles. The fourth-order valence-electron chi connectivity index (χ4n) is 1.79. The van der Waals surface area contributed by atoms with Crippen molar-refractivity contribution in [3.8, 4) is 0 Å². The summed E-state index contributed by atoms with van der Waals surface area (Å²) in [7, 11) is 0.